The Hall–Kier alpha value is -0.100. The van der Waals surface area contributed by atoms with E-state index >= 15 is 0 Å². The first-order valence-electron chi connectivity index (χ1n) is 2.80. The van der Waals surface area contributed by atoms with Crippen LogP contribution in [0.4, 0.5) is 11.4 Å². The molecule has 0 aliphatic heterocycles. The van der Waals surface area contributed by atoms with Crippen molar-refractivity contribution in [2.75, 3.05) is 5.73 Å². The Morgan fingerprint density at radius 1 is 1.58 bits per heavy atom. The molecule has 0 atom stereocenters. The summed E-state index contributed by atoms with van der Waals surface area (Å²) in [6.07, 6.45) is 0. The third kappa shape index (κ3) is 2.75. The van der Waals surface area contributed by atoms with Crippen molar-refractivity contribution < 1.29 is 35.9 Å². The zero-order chi connectivity index (χ0) is 8.43. The summed E-state index contributed by atoms with van der Waals surface area (Å²) in [7, 11) is 0. The number of nitro groups is 1. The van der Waals surface area contributed by atoms with E-state index in [-0.39, 0.29) is 42.4 Å². The van der Waals surface area contributed by atoms with Crippen molar-refractivity contribution in [2.45, 2.75) is 0 Å². The largest absolute Gasteiger partial charge is 1.00 e. The van der Waals surface area contributed by atoms with Crippen molar-refractivity contribution >= 4 is 27.3 Å². The second-order valence-electron chi connectivity index (χ2n) is 1.96. The first kappa shape index (κ1) is 11.9. The maximum atomic E-state index is 10.3. The molecule has 0 saturated heterocycles. The van der Waals surface area contributed by atoms with Crippen LogP contribution in [0.2, 0.25) is 0 Å². The fraction of sp³-hybridized carbons (Fsp3) is 0. The summed E-state index contributed by atoms with van der Waals surface area (Å²) in [5.41, 5.74) is 5.44. The summed E-state index contributed by atoms with van der Waals surface area (Å²) in [4.78, 5) is 9.76. The Morgan fingerprint density at radius 2 is 2.17 bits per heavy atom. The van der Waals surface area contributed by atoms with E-state index < -0.39 is 4.92 Å². The molecule has 4 nitrogen and oxygen atoms in total. The number of benzene rings is 1. The Bertz CT molecular complexity index is 311. The third-order valence-corrected chi connectivity index (χ3v) is 1.68. The molecule has 0 amide bonds. The summed E-state index contributed by atoms with van der Waals surface area (Å²) < 4.78 is 0.651. The molecule has 0 spiro atoms. The van der Waals surface area contributed by atoms with Gasteiger partial charge in [0.05, 0.1) is 4.92 Å². The Kier molecular flexibility index (Phi) is 4.77. The molecule has 0 aromatic heterocycles. The number of nitrogens with two attached hydrogens (primary N) is 1. The van der Waals surface area contributed by atoms with Gasteiger partial charge in [-0.1, -0.05) is 15.9 Å². The monoisotopic (exact) mass is 240 g/mol. The van der Waals surface area contributed by atoms with Gasteiger partial charge in [0.15, 0.2) is 0 Å². The smallest absolute Gasteiger partial charge is 1.00 e. The molecular formula is C6H6BrN2NaO2. The Labute approximate surface area is 101 Å². The van der Waals surface area contributed by atoms with Crippen LogP contribution in [0.1, 0.15) is 1.43 Å². The predicted molar refractivity (Wildman–Crippen MR) is 46.3 cm³/mol. The summed E-state index contributed by atoms with van der Waals surface area (Å²) >= 11 is 3.10. The molecule has 0 heterocycles. The summed E-state index contributed by atoms with van der Waals surface area (Å²) in [5.74, 6) is 0. The maximum Gasteiger partial charge on any atom is 1.00 e. The minimum absolute atomic E-state index is 0. The van der Waals surface area contributed by atoms with Crippen molar-refractivity contribution in [3.05, 3.63) is 32.8 Å². The number of halogens is 1. The van der Waals surface area contributed by atoms with Gasteiger partial charge in [0, 0.05) is 10.5 Å². The molecule has 0 aliphatic rings. The van der Waals surface area contributed by atoms with Crippen molar-refractivity contribution in [3.63, 3.8) is 0 Å². The summed E-state index contributed by atoms with van der Waals surface area (Å²) in [6, 6.07) is 4.51. The zero-order valence-corrected chi connectivity index (χ0v) is 10.0. The SMILES string of the molecule is Nc1ccc(Br)cc1[N+](=O)[O-].[H-].[Na+]. The van der Waals surface area contributed by atoms with Gasteiger partial charge in [0.25, 0.3) is 5.69 Å². The van der Waals surface area contributed by atoms with Crippen LogP contribution < -0.4 is 35.3 Å². The molecule has 0 radical (unpaired) electrons. The normalized spacial score (nSPS) is 8.75. The third-order valence-electron chi connectivity index (χ3n) is 1.19. The Balaban J connectivity index is 0. The number of nitrogen functional groups attached to an aromatic ring is 1. The number of hydrogen-bond donors (Lipinski definition) is 1. The zero-order valence-electron chi connectivity index (χ0n) is 7.45. The average Bonchev–Trinajstić information content (AvgIpc) is 1.94. The predicted octanol–water partition coefficient (Wildman–Crippen LogP) is -0.944. The number of nitrogens with zero attached hydrogens (tertiary/aromatic N) is 1. The van der Waals surface area contributed by atoms with Gasteiger partial charge in [-0.15, -0.1) is 0 Å². The fourth-order valence-electron chi connectivity index (χ4n) is 0.675. The van der Waals surface area contributed by atoms with E-state index in [4.69, 9.17) is 5.73 Å². The first-order valence-corrected chi connectivity index (χ1v) is 3.60. The summed E-state index contributed by atoms with van der Waals surface area (Å²) in [6.45, 7) is 0. The maximum absolute atomic E-state index is 10.3. The van der Waals surface area contributed by atoms with Crippen LogP contribution in [0.15, 0.2) is 22.7 Å². The van der Waals surface area contributed by atoms with Crippen LogP contribution in [0.3, 0.4) is 0 Å². The number of rotatable bonds is 1. The summed E-state index contributed by atoms with van der Waals surface area (Å²) in [5, 5.41) is 10.3. The van der Waals surface area contributed by atoms with Gasteiger partial charge < -0.3 is 7.16 Å². The molecule has 0 unspecified atom stereocenters. The molecule has 0 bridgehead atoms. The van der Waals surface area contributed by atoms with Gasteiger partial charge in [-0.3, -0.25) is 10.1 Å². The molecule has 2 N–H and O–H groups in total. The van der Waals surface area contributed by atoms with Gasteiger partial charge in [0.1, 0.15) is 5.69 Å². The van der Waals surface area contributed by atoms with Gasteiger partial charge in [0.2, 0.25) is 0 Å². The molecule has 60 valence electrons. The molecule has 1 aromatic carbocycles. The van der Waals surface area contributed by atoms with E-state index in [9.17, 15) is 10.1 Å². The molecule has 1 aromatic rings. The molecule has 12 heavy (non-hydrogen) atoms. The molecule has 0 saturated carbocycles. The van der Waals surface area contributed by atoms with E-state index in [1.807, 2.05) is 0 Å². The average molecular weight is 241 g/mol. The topological polar surface area (TPSA) is 69.2 Å². The quantitative estimate of drug-likeness (QED) is 0.298. The van der Waals surface area contributed by atoms with Crippen LogP contribution >= 0.6 is 15.9 Å². The van der Waals surface area contributed by atoms with Crippen molar-refractivity contribution in [1.82, 2.24) is 0 Å². The van der Waals surface area contributed by atoms with Gasteiger partial charge in [-0.05, 0) is 12.1 Å². The van der Waals surface area contributed by atoms with Crippen LogP contribution in [-0.2, 0) is 0 Å². The molecule has 0 fully saturated rings. The van der Waals surface area contributed by atoms with Crippen molar-refractivity contribution in [2.24, 2.45) is 0 Å². The second-order valence-corrected chi connectivity index (χ2v) is 2.88. The number of nitro benzene ring substituents is 1. The fourth-order valence-corrected chi connectivity index (χ4v) is 1.02. The molecular weight excluding hydrogens is 235 g/mol. The van der Waals surface area contributed by atoms with Crippen LogP contribution in [0, 0.1) is 10.1 Å². The molecule has 0 aliphatic carbocycles. The number of hydrogen-bond acceptors (Lipinski definition) is 3. The van der Waals surface area contributed by atoms with Crippen LogP contribution in [0.5, 0.6) is 0 Å². The standard InChI is InChI=1S/C6H5BrN2O2.Na.H/c7-4-1-2-5(8)6(3-4)9(10)11;;/h1-3H,8H2;;/q;+1;-1. The minimum Gasteiger partial charge on any atom is -1.00 e. The van der Waals surface area contributed by atoms with E-state index in [1.54, 1.807) is 6.07 Å². The van der Waals surface area contributed by atoms with Crippen molar-refractivity contribution in [1.29, 1.82) is 0 Å². The van der Waals surface area contributed by atoms with E-state index in [0.717, 1.165) is 0 Å². The van der Waals surface area contributed by atoms with Crippen LogP contribution in [-0.4, -0.2) is 4.92 Å². The van der Waals surface area contributed by atoms with E-state index in [2.05, 4.69) is 15.9 Å². The van der Waals surface area contributed by atoms with Gasteiger partial charge in [-0.25, -0.2) is 0 Å². The second kappa shape index (κ2) is 4.81. The van der Waals surface area contributed by atoms with Gasteiger partial charge >= 0.3 is 29.6 Å². The van der Waals surface area contributed by atoms with E-state index in [0.29, 0.717) is 4.47 Å². The number of anilines is 1. The van der Waals surface area contributed by atoms with Gasteiger partial charge in [-0.2, -0.15) is 0 Å². The first-order chi connectivity index (χ1) is 5.11. The minimum atomic E-state index is -0.514. The molecule has 6 heteroatoms. The Morgan fingerprint density at radius 3 is 2.58 bits per heavy atom. The van der Waals surface area contributed by atoms with Crippen LogP contribution in [0.25, 0.3) is 0 Å². The van der Waals surface area contributed by atoms with Crippen molar-refractivity contribution in [3.8, 4) is 0 Å². The molecule has 1 rings (SSSR count). The van der Waals surface area contributed by atoms with E-state index in [1.165, 1.54) is 12.1 Å².